The molecule has 0 aromatic heterocycles. The van der Waals surface area contributed by atoms with E-state index in [2.05, 4.69) is 6.92 Å². The fourth-order valence-electron chi connectivity index (χ4n) is 1.10. The van der Waals surface area contributed by atoms with E-state index in [0.29, 0.717) is 0 Å². The van der Waals surface area contributed by atoms with Gasteiger partial charge in [0.05, 0.1) is 12.2 Å². The first-order valence-electron chi connectivity index (χ1n) is 6.15. The molecule has 0 fully saturated rings. The molecule has 0 radical (unpaired) electrons. The maximum Gasteiger partial charge on any atom is 0.355 e. The van der Waals surface area contributed by atoms with Gasteiger partial charge in [0.15, 0.2) is 0 Å². The van der Waals surface area contributed by atoms with Crippen LogP contribution in [0, 0.1) is 0 Å². The molecule has 0 aliphatic rings. The van der Waals surface area contributed by atoms with Gasteiger partial charge in [-0.25, -0.2) is 0 Å². The molecule has 0 atom stereocenters. The fraction of sp³-hybridized carbons (Fsp3) is 0.833. The van der Waals surface area contributed by atoms with Crippen LogP contribution in [0.2, 0.25) is 0 Å². The molecule has 0 aromatic carbocycles. The van der Waals surface area contributed by atoms with E-state index in [-0.39, 0.29) is 12.2 Å². The first-order valence-corrected chi connectivity index (χ1v) is 8.81. The minimum Gasteiger partial charge on any atom is -0.303 e. The van der Waals surface area contributed by atoms with E-state index in [4.69, 9.17) is 9.05 Å². The summed E-state index contributed by atoms with van der Waals surface area (Å²) < 4.78 is 23.1. The van der Waals surface area contributed by atoms with Crippen molar-refractivity contribution in [3.63, 3.8) is 0 Å². The van der Waals surface area contributed by atoms with Crippen LogP contribution < -0.4 is 0 Å². The largest absolute Gasteiger partial charge is 0.355 e. The standard InChI is InChI=1S/C12H25O3PS/c1-6-7-9-17-10-8-16(13,14-11(2)3)15-12(4)5/h8,10-12H,6-7,9H2,1-5H3/b10-8+. The van der Waals surface area contributed by atoms with Gasteiger partial charge in [-0.1, -0.05) is 13.3 Å². The molecular formula is C12H25O3PS. The lowest BCUT2D eigenvalue weighted by atomic mass is 10.4. The van der Waals surface area contributed by atoms with Gasteiger partial charge >= 0.3 is 7.60 Å². The Morgan fingerprint density at radius 1 is 1.18 bits per heavy atom. The summed E-state index contributed by atoms with van der Waals surface area (Å²) in [4.78, 5) is 0. The predicted molar refractivity (Wildman–Crippen MR) is 76.6 cm³/mol. The first kappa shape index (κ1) is 17.2. The lowest BCUT2D eigenvalue weighted by Gasteiger charge is -2.19. The van der Waals surface area contributed by atoms with E-state index in [1.54, 1.807) is 17.6 Å². The number of thioether (sulfide) groups is 1. The SMILES string of the molecule is CCCCS/C=C/P(=O)(OC(C)C)OC(C)C. The molecule has 0 saturated heterocycles. The second-order valence-electron chi connectivity index (χ2n) is 4.36. The van der Waals surface area contributed by atoms with Gasteiger partial charge in [0.1, 0.15) is 0 Å². The Balaban J connectivity index is 4.32. The van der Waals surface area contributed by atoms with Crippen molar-refractivity contribution in [2.75, 3.05) is 5.75 Å². The van der Waals surface area contributed by atoms with Crippen LogP contribution >= 0.6 is 19.4 Å². The molecule has 0 unspecified atom stereocenters. The van der Waals surface area contributed by atoms with Crippen molar-refractivity contribution >= 4 is 19.4 Å². The van der Waals surface area contributed by atoms with Crippen molar-refractivity contribution in [2.45, 2.75) is 59.7 Å². The van der Waals surface area contributed by atoms with Crippen molar-refractivity contribution in [3.8, 4) is 0 Å². The number of hydrogen-bond donors (Lipinski definition) is 0. The third kappa shape index (κ3) is 9.90. The molecule has 0 N–H and O–H groups in total. The van der Waals surface area contributed by atoms with Crippen LogP contribution in [0.15, 0.2) is 11.2 Å². The van der Waals surface area contributed by atoms with Gasteiger partial charge in [-0.05, 0) is 45.3 Å². The van der Waals surface area contributed by atoms with Crippen molar-refractivity contribution in [1.29, 1.82) is 0 Å². The Morgan fingerprint density at radius 3 is 2.12 bits per heavy atom. The third-order valence-corrected chi connectivity index (χ3v) is 4.67. The van der Waals surface area contributed by atoms with Gasteiger partial charge in [0.2, 0.25) is 0 Å². The molecule has 5 heteroatoms. The summed E-state index contributed by atoms with van der Waals surface area (Å²) in [6.07, 6.45) is 2.12. The summed E-state index contributed by atoms with van der Waals surface area (Å²) in [7, 11) is -3.08. The van der Waals surface area contributed by atoms with Crippen LogP contribution in [0.5, 0.6) is 0 Å². The van der Waals surface area contributed by atoms with Crippen LogP contribution in [0.3, 0.4) is 0 Å². The van der Waals surface area contributed by atoms with Gasteiger partial charge < -0.3 is 9.05 Å². The van der Waals surface area contributed by atoms with E-state index >= 15 is 0 Å². The molecule has 0 rings (SSSR count). The highest BCUT2D eigenvalue weighted by molar-refractivity contribution is 8.02. The van der Waals surface area contributed by atoms with Gasteiger partial charge in [-0.3, -0.25) is 4.57 Å². The zero-order chi connectivity index (χ0) is 13.3. The van der Waals surface area contributed by atoms with Crippen molar-refractivity contribution < 1.29 is 13.6 Å². The Morgan fingerprint density at radius 2 is 1.71 bits per heavy atom. The summed E-state index contributed by atoms with van der Waals surface area (Å²) in [5.74, 6) is 2.61. The minimum absolute atomic E-state index is 0.107. The predicted octanol–water partition coefficient (Wildman–Crippen LogP) is 5.03. The number of rotatable bonds is 9. The summed E-state index contributed by atoms with van der Waals surface area (Å²) in [5.41, 5.74) is 0. The molecule has 0 heterocycles. The van der Waals surface area contributed by atoms with Crippen molar-refractivity contribution in [1.82, 2.24) is 0 Å². The Hall–Kier alpha value is 0.240. The van der Waals surface area contributed by atoms with Gasteiger partial charge in [-0.15, -0.1) is 11.8 Å². The lowest BCUT2D eigenvalue weighted by molar-refractivity contribution is 0.149. The van der Waals surface area contributed by atoms with Crippen molar-refractivity contribution in [3.05, 3.63) is 11.2 Å². The molecule has 0 aliphatic heterocycles. The third-order valence-electron chi connectivity index (χ3n) is 1.67. The molecule has 3 nitrogen and oxygen atoms in total. The van der Waals surface area contributed by atoms with E-state index < -0.39 is 7.60 Å². The summed E-state index contributed by atoms with van der Waals surface area (Å²) >= 11 is 1.65. The smallest absolute Gasteiger partial charge is 0.303 e. The summed E-state index contributed by atoms with van der Waals surface area (Å²) in [6, 6.07) is 0. The zero-order valence-corrected chi connectivity index (χ0v) is 13.2. The molecular weight excluding hydrogens is 255 g/mol. The quantitative estimate of drug-likeness (QED) is 0.438. The Kier molecular flexibility index (Phi) is 9.34. The highest BCUT2D eigenvalue weighted by atomic mass is 32.2. The van der Waals surface area contributed by atoms with Crippen molar-refractivity contribution in [2.24, 2.45) is 0 Å². The highest BCUT2D eigenvalue weighted by Crippen LogP contribution is 2.52. The Labute approximate surface area is 110 Å². The van der Waals surface area contributed by atoms with Gasteiger partial charge in [0.25, 0.3) is 0 Å². The number of hydrogen-bond acceptors (Lipinski definition) is 4. The zero-order valence-electron chi connectivity index (χ0n) is 11.5. The molecule has 102 valence electrons. The maximum atomic E-state index is 12.3. The Bertz CT molecular complexity index is 250. The highest BCUT2D eigenvalue weighted by Gasteiger charge is 2.23. The van der Waals surface area contributed by atoms with Crippen LogP contribution in [-0.4, -0.2) is 18.0 Å². The maximum absolute atomic E-state index is 12.3. The van der Waals surface area contributed by atoms with Crippen LogP contribution in [0.1, 0.15) is 47.5 Å². The van der Waals surface area contributed by atoms with E-state index in [9.17, 15) is 4.57 Å². The number of unbranched alkanes of at least 4 members (excludes halogenated alkanes) is 1. The van der Waals surface area contributed by atoms with E-state index in [0.717, 1.165) is 12.2 Å². The second-order valence-corrected chi connectivity index (χ2v) is 7.17. The summed E-state index contributed by atoms with van der Waals surface area (Å²) in [6.45, 7) is 9.57. The first-order chi connectivity index (χ1) is 7.89. The van der Waals surface area contributed by atoms with Crippen LogP contribution in [0.4, 0.5) is 0 Å². The molecule has 0 amide bonds. The molecule has 0 spiro atoms. The van der Waals surface area contributed by atoms with Crippen LogP contribution in [0.25, 0.3) is 0 Å². The average molecular weight is 280 g/mol. The van der Waals surface area contributed by atoms with E-state index in [1.807, 2.05) is 33.1 Å². The lowest BCUT2D eigenvalue weighted by Crippen LogP contribution is -2.06. The van der Waals surface area contributed by atoms with Gasteiger partial charge in [0, 0.05) is 5.82 Å². The molecule has 0 bridgehead atoms. The molecule has 0 aliphatic carbocycles. The normalized spacial score (nSPS) is 13.1. The summed E-state index contributed by atoms with van der Waals surface area (Å²) in [5, 5.41) is 1.83. The fourth-order valence-corrected chi connectivity index (χ4v) is 3.99. The molecule has 0 aromatic rings. The molecule has 17 heavy (non-hydrogen) atoms. The average Bonchev–Trinajstić information content (AvgIpc) is 2.14. The van der Waals surface area contributed by atoms with E-state index in [1.165, 1.54) is 6.42 Å². The molecule has 0 saturated carbocycles. The minimum atomic E-state index is -3.08. The second kappa shape index (κ2) is 9.21. The van der Waals surface area contributed by atoms with Gasteiger partial charge in [-0.2, -0.15) is 0 Å². The van der Waals surface area contributed by atoms with Crippen LogP contribution in [-0.2, 0) is 13.6 Å². The topological polar surface area (TPSA) is 35.5 Å². The monoisotopic (exact) mass is 280 g/mol.